The van der Waals surface area contributed by atoms with Gasteiger partial charge < -0.3 is 10.4 Å². The van der Waals surface area contributed by atoms with Gasteiger partial charge in [0, 0.05) is 29.4 Å². The first-order chi connectivity index (χ1) is 7.52. The molecule has 2 atom stereocenters. The van der Waals surface area contributed by atoms with Gasteiger partial charge in [0.05, 0.1) is 6.20 Å². The Labute approximate surface area is 97.5 Å². The van der Waals surface area contributed by atoms with E-state index in [1.807, 2.05) is 13.1 Å². The van der Waals surface area contributed by atoms with Gasteiger partial charge in [-0.15, -0.1) is 0 Å². The second kappa shape index (κ2) is 5.46. The van der Waals surface area contributed by atoms with Gasteiger partial charge in [-0.3, -0.25) is 5.10 Å². The maximum atomic E-state index is 9.07. The Kier molecular flexibility index (Phi) is 4.50. The first-order valence-electron chi connectivity index (χ1n) is 5.91. The Hall–Kier alpha value is -0.870. The predicted octanol–water partition coefficient (Wildman–Crippen LogP) is 1.92. The second-order valence-corrected chi connectivity index (χ2v) is 4.70. The monoisotopic (exact) mass is 225 g/mol. The summed E-state index contributed by atoms with van der Waals surface area (Å²) in [6.07, 6.45) is 3.63. The van der Waals surface area contributed by atoms with Gasteiger partial charge in [0.1, 0.15) is 0 Å². The van der Waals surface area contributed by atoms with Crippen molar-refractivity contribution < 1.29 is 5.11 Å². The van der Waals surface area contributed by atoms with Crippen LogP contribution in [0.3, 0.4) is 0 Å². The van der Waals surface area contributed by atoms with Crippen molar-refractivity contribution in [3.8, 4) is 0 Å². The molecule has 92 valence electrons. The van der Waals surface area contributed by atoms with Crippen molar-refractivity contribution in [1.29, 1.82) is 0 Å². The van der Waals surface area contributed by atoms with E-state index in [9.17, 15) is 0 Å². The van der Waals surface area contributed by atoms with Crippen LogP contribution in [0.5, 0.6) is 0 Å². The SMILES string of the molecule is CCC(C)(CCO)NC(C)c1cn[nH]c1C. The Morgan fingerprint density at radius 3 is 2.75 bits per heavy atom. The molecule has 0 radical (unpaired) electrons. The van der Waals surface area contributed by atoms with E-state index < -0.39 is 0 Å². The van der Waals surface area contributed by atoms with Crippen LogP contribution in [-0.2, 0) is 0 Å². The molecule has 0 spiro atoms. The lowest BCUT2D eigenvalue weighted by atomic mass is 9.93. The van der Waals surface area contributed by atoms with Crippen molar-refractivity contribution in [2.24, 2.45) is 0 Å². The highest BCUT2D eigenvalue weighted by atomic mass is 16.3. The lowest BCUT2D eigenvalue weighted by Crippen LogP contribution is -2.43. The molecular weight excluding hydrogens is 202 g/mol. The van der Waals surface area contributed by atoms with Crippen LogP contribution in [0, 0.1) is 6.92 Å². The molecule has 0 saturated carbocycles. The van der Waals surface area contributed by atoms with Crippen molar-refractivity contribution >= 4 is 0 Å². The van der Waals surface area contributed by atoms with E-state index in [-0.39, 0.29) is 18.2 Å². The minimum atomic E-state index is -0.0160. The molecule has 1 rings (SSSR count). The number of H-pyrrole nitrogens is 1. The van der Waals surface area contributed by atoms with Gasteiger partial charge >= 0.3 is 0 Å². The molecule has 4 nitrogen and oxygen atoms in total. The van der Waals surface area contributed by atoms with Crippen LogP contribution in [0.2, 0.25) is 0 Å². The number of hydrogen-bond donors (Lipinski definition) is 3. The summed E-state index contributed by atoms with van der Waals surface area (Å²) < 4.78 is 0. The lowest BCUT2D eigenvalue weighted by molar-refractivity contribution is 0.205. The number of nitrogens with zero attached hydrogens (tertiary/aromatic N) is 1. The molecule has 16 heavy (non-hydrogen) atoms. The van der Waals surface area contributed by atoms with Crippen molar-refractivity contribution in [2.45, 2.75) is 52.1 Å². The van der Waals surface area contributed by atoms with Gasteiger partial charge in [0.25, 0.3) is 0 Å². The predicted molar refractivity (Wildman–Crippen MR) is 65.3 cm³/mol. The maximum absolute atomic E-state index is 9.07. The third kappa shape index (κ3) is 3.06. The number of aryl methyl sites for hydroxylation is 1. The molecule has 4 heteroatoms. The largest absolute Gasteiger partial charge is 0.396 e. The Morgan fingerprint density at radius 1 is 1.62 bits per heavy atom. The van der Waals surface area contributed by atoms with Crippen LogP contribution in [-0.4, -0.2) is 27.4 Å². The quantitative estimate of drug-likeness (QED) is 0.693. The summed E-state index contributed by atoms with van der Waals surface area (Å²) in [6, 6.07) is 0.246. The molecule has 1 aromatic rings. The molecule has 1 heterocycles. The maximum Gasteiger partial charge on any atom is 0.0537 e. The molecule has 0 aliphatic rings. The average molecular weight is 225 g/mol. The van der Waals surface area contributed by atoms with Gasteiger partial charge in [0.15, 0.2) is 0 Å². The smallest absolute Gasteiger partial charge is 0.0537 e. The Morgan fingerprint density at radius 2 is 2.31 bits per heavy atom. The molecule has 1 aromatic heterocycles. The standard InChI is InChI=1S/C12H23N3O/c1-5-12(4,6-7-16)14-9(2)11-8-13-15-10(11)3/h8-9,14,16H,5-7H2,1-4H3,(H,13,15). The molecule has 2 unspecified atom stereocenters. The van der Waals surface area contributed by atoms with E-state index in [0.717, 1.165) is 18.5 Å². The number of aliphatic hydroxyl groups is 1. The fourth-order valence-corrected chi connectivity index (χ4v) is 1.99. The zero-order valence-electron chi connectivity index (χ0n) is 10.7. The number of rotatable bonds is 6. The van der Waals surface area contributed by atoms with Crippen LogP contribution >= 0.6 is 0 Å². The van der Waals surface area contributed by atoms with Gasteiger partial charge in [-0.05, 0) is 33.6 Å². The highest BCUT2D eigenvalue weighted by Gasteiger charge is 2.24. The van der Waals surface area contributed by atoms with E-state index in [1.54, 1.807) is 0 Å². The first-order valence-corrected chi connectivity index (χ1v) is 5.91. The average Bonchev–Trinajstić information content (AvgIpc) is 2.65. The molecule has 3 N–H and O–H groups in total. The number of nitrogens with one attached hydrogen (secondary N) is 2. The van der Waals surface area contributed by atoms with Gasteiger partial charge in [-0.25, -0.2) is 0 Å². The summed E-state index contributed by atoms with van der Waals surface area (Å²) >= 11 is 0. The Balaban J connectivity index is 2.69. The van der Waals surface area contributed by atoms with E-state index in [2.05, 4.69) is 36.3 Å². The second-order valence-electron chi connectivity index (χ2n) is 4.70. The van der Waals surface area contributed by atoms with Gasteiger partial charge in [0.2, 0.25) is 0 Å². The Bertz CT molecular complexity index is 324. The highest BCUT2D eigenvalue weighted by Crippen LogP contribution is 2.22. The molecular formula is C12H23N3O. The minimum Gasteiger partial charge on any atom is -0.396 e. The van der Waals surface area contributed by atoms with Crippen LogP contribution in [0.4, 0.5) is 0 Å². The third-order valence-electron chi connectivity index (χ3n) is 3.34. The summed E-state index contributed by atoms with van der Waals surface area (Å²) in [6.45, 7) is 8.65. The normalized spacial score (nSPS) is 17.1. The molecule has 0 aliphatic heterocycles. The van der Waals surface area contributed by atoms with Crippen molar-refractivity contribution in [3.05, 3.63) is 17.5 Å². The van der Waals surface area contributed by atoms with E-state index >= 15 is 0 Å². The van der Waals surface area contributed by atoms with Crippen LogP contribution in [0.25, 0.3) is 0 Å². The fourth-order valence-electron chi connectivity index (χ4n) is 1.99. The molecule has 0 fully saturated rings. The lowest BCUT2D eigenvalue weighted by Gasteiger charge is -2.32. The van der Waals surface area contributed by atoms with Crippen molar-refractivity contribution in [2.75, 3.05) is 6.61 Å². The number of aliphatic hydroxyl groups excluding tert-OH is 1. The summed E-state index contributed by atoms with van der Waals surface area (Å²) in [7, 11) is 0. The van der Waals surface area contributed by atoms with E-state index in [1.165, 1.54) is 5.56 Å². The molecule has 0 aromatic carbocycles. The van der Waals surface area contributed by atoms with Crippen LogP contribution < -0.4 is 5.32 Å². The number of aromatic amines is 1. The zero-order valence-corrected chi connectivity index (χ0v) is 10.7. The molecule has 0 aliphatic carbocycles. The van der Waals surface area contributed by atoms with Crippen molar-refractivity contribution in [3.63, 3.8) is 0 Å². The van der Waals surface area contributed by atoms with Crippen LogP contribution in [0.15, 0.2) is 6.20 Å². The summed E-state index contributed by atoms with van der Waals surface area (Å²) in [5.41, 5.74) is 2.28. The summed E-state index contributed by atoms with van der Waals surface area (Å²) in [4.78, 5) is 0. The number of aromatic nitrogens is 2. The van der Waals surface area contributed by atoms with Crippen LogP contribution in [0.1, 0.15) is 50.9 Å². The topological polar surface area (TPSA) is 60.9 Å². The zero-order chi connectivity index (χ0) is 12.2. The number of hydrogen-bond acceptors (Lipinski definition) is 3. The van der Waals surface area contributed by atoms with Crippen molar-refractivity contribution in [1.82, 2.24) is 15.5 Å². The molecule has 0 saturated heterocycles. The molecule has 0 amide bonds. The highest BCUT2D eigenvalue weighted by molar-refractivity contribution is 5.19. The first kappa shape index (κ1) is 13.2. The minimum absolute atomic E-state index is 0.0160. The summed E-state index contributed by atoms with van der Waals surface area (Å²) in [5.74, 6) is 0. The van der Waals surface area contributed by atoms with Gasteiger partial charge in [-0.1, -0.05) is 6.92 Å². The van der Waals surface area contributed by atoms with E-state index in [0.29, 0.717) is 0 Å². The van der Waals surface area contributed by atoms with Gasteiger partial charge in [-0.2, -0.15) is 5.10 Å². The third-order valence-corrected chi connectivity index (χ3v) is 3.34. The fraction of sp³-hybridized carbons (Fsp3) is 0.750. The van der Waals surface area contributed by atoms with E-state index in [4.69, 9.17) is 5.11 Å². The summed E-state index contributed by atoms with van der Waals surface area (Å²) in [5, 5.41) is 19.6. The molecule has 0 bridgehead atoms.